The van der Waals surface area contributed by atoms with Gasteiger partial charge in [-0.05, 0) is 18.4 Å². The summed E-state index contributed by atoms with van der Waals surface area (Å²) in [6.45, 7) is 3.13. The Bertz CT molecular complexity index is 191. The van der Waals surface area contributed by atoms with E-state index in [0.717, 1.165) is 5.75 Å². The Balaban J connectivity index is 0. The van der Waals surface area contributed by atoms with Gasteiger partial charge in [-0.1, -0.05) is 6.55 Å². The van der Waals surface area contributed by atoms with Crippen LogP contribution in [0.5, 0.6) is 0 Å². The maximum Gasteiger partial charge on any atom is 0.326 e. The van der Waals surface area contributed by atoms with Crippen molar-refractivity contribution in [2.75, 3.05) is 12.0 Å². The standard InChI is InChI=1S/C7H13NO3S.CH6OSi/c1-5(9)8-6(7(10)11)3-4-12-2;1-3-2/h6H,3-4H2,1-2H3,(H,8,9)(H,10,11);2H,3H2,1H3. The molecular weight excluding hydrogens is 234 g/mol. The minimum atomic E-state index is -0.973. The van der Waals surface area contributed by atoms with Gasteiger partial charge in [0.1, 0.15) is 6.04 Å². The third kappa shape index (κ3) is 13.5. The molecule has 90 valence electrons. The number of aliphatic carboxylic acids is 1. The van der Waals surface area contributed by atoms with Crippen LogP contribution in [0, 0.1) is 0 Å². The number of nitrogens with one attached hydrogen (secondary N) is 1. The fraction of sp³-hybridized carbons (Fsp3) is 0.750. The molecule has 0 rings (SSSR count). The number of carboxylic acids is 1. The maximum atomic E-state index is 10.5. The molecule has 0 aromatic carbocycles. The molecule has 15 heavy (non-hydrogen) atoms. The highest BCUT2D eigenvalue weighted by Crippen LogP contribution is 2.00. The highest BCUT2D eigenvalue weighted by molar-refractivity contribution is 7.98. The summed E-state index contributed by atoms with van der Waals surface area (Å²) in [5.41, 5.74) is 0. The summed E-state index contributed by atoms with van der Waals surface area (Å²) < 4.78 is 0. The molecule has 0 fully saturated rings. The number of hydrogen-bond acceptors (Lipinski definition) is 4. The van der Waals surface area contributed by atoms with E-state index in [9.17, 15) is 9.59 Å². The van der Waals surface area contributed by atoms with Crippen molar-refractivity contribution >= 4 is 33.4 Å². The van der Waals surface area contributed by atoms with Crippen LogP contribution in [0.3, 0.4) is 0 Å². The van der Waals surface area contributed by atoms with Crippen molar-refractivity contribution in [1.82, 2.24) is 5.32 Å². The van der Waals surface area contributed by atoms with E-state index >= 15 is 0 Å². The quantitative estimate of drug-likeness (QED) is 0.572. The number of carbonyl (C=O) groups is 2. The van der Waals surface area contributed by atoms with E-state index in [1.807, 2.05) is 12.8 Å². The van der Waals surface area contributed by atoms with Crippen molar-refractivity contribution in [3.8, 4) is 0 Å². The third-order valence-corrected chi connectivity index (χ3v) is 1.93. The molecule has 0 aromatic heterocycles. The predicted octanol–water partition coefficient (Wildman–Crippen LogP) is -0.561. The summed E-state index contributed by atoms with van der Waals surface area (Å²) in [6.07, 6.45) is 2.36. The van der Waals surface area contributed by atoms with Crippen LogP contribution in [0.1, 0.15) is 13.3 Å². The summed E-state index contributed by atoms with van der Waals surface area (Å²) in [6, 6.07) is -0.741. The zero-order valence-corrected chi connectivity index (χ0v) is 11.5. The Morgan fingerprint density at radius 3 is 2.27 bits per heavy atom. The first kappa shape index (κ1) is 16.9. The minimum Gasteiger partial charge on any atom is -0.480 e. The maximum absolute atomic E-state index is 10.5. The molecule has 0 aliphatic rings. The van der Waals surface area contributed by atoms with Gasteiger partial charge in [-0.15, -0.1) is 0 Å². The second-order valence-electron chi connectivity index (χ2n) is 2.69. The molecular formula is C8H19NO4SSi. The van der Waals surface area contributed by atoms with Crippen molar-refractivity contribution in [3.05, 3.63) is 0 Å². The summed E-state index contributed by atoms with van der Waals surface area (Å²) in [5.74, 6) is -0.542. The fourth-order valence-electron chi connectivity index (χ4n) is 0.738. The summed E-state index contributed by atoms with van der Waals surface area (Å²) in [5, 5.41) is 11.0. The van der Waals surface area contributed by atoms with Gasteiger partial charge in [0.2, 0.25) is 5.91 Å². The van der Waals surface area contributed by atoms with Gasteiger partial charge in [0.05, 0.1) is 0 Å². The Hall–Kier alpha value is -0.533. The molecule has 0 aromatic rings. The number of rotatable bonds is 5. The topological polar surface area (TPSA) is 86.6 Å². The van der Waals surface area contributed by atoms with Gasteiger partial charge in [0.15, 0.2) is 9.76 Å². The molecule has 7 heteroatoms. The zero-order valence-electron chi connectivity index (χ0n) is 9.32. The van der Waals surface area contributed by atoms with E-state index in [1.165, 1.54) is 6.92 Å². The van der Waals surface area contributed by atoms with Crippen LogP contribution in [-0.4, -0.2) is 49.6 Å². The molecule has 0 radical (unpaired) electrons. The molecule has 1 unspecified atom stereocenters. The number of hydrogen-bond donors (Lipinski definition) is 3. The lowest BCUT2D eigenvalue weighted by Gasteiger charge is -2.11. The molecule has 1 amide bonds. The highest BCUT2D eigenvalue weighted by atomic mass is 32.2. The first-order chi connectivity index (χ1) is 6.99. The number of carboxylic acid groups (broad SMARTS) is 1. The summed E-state index contributed by atoms with van der Waals surface area (Å²) in [4.78, 5) is 28.8. The van der Waals surface area contributed by atoms with Gasteiger partial charge in [-0.2, -0.15) is 11.8 Å². The van der Waals surface area contributed by atoms with E-state index in [1.54, 1.807) is 11.8 Å². The monoisotopic (exact) mass is 253 g/mol. The minimum absolute atomic E-state index is 0.302. The molecule has 0 heterocycles. The Morgan fingerprint density at radius 2 is 2.00 bits per heavy atom. The van der Waals surface area contributed by atoms with E-state index < -0.39 is 21.8 Å². The molecule has 0 aliphatic carbocycles. The molecule has 0 bridgehead atoms. The smallest absolute Gasteiger partial charge is 0.326 e. The van der Waals surface area contributed by atoms with Crippen molar-refractivity contribution < 1.29 is 19.5 Å². The van der Waals surface area contributed by atoms with E-state index in [0.29, 0.717) is 6.42 Å². The Kier molecular flexibility index (Phi) is 13.0. The fourth-order valence-corrected chi connectivity index (χ4v) is 1.21. The summed E-state index contributed by atoms with van der Waals surface area (Å²) in [7, 11) is -0.583. The van der Waals surface area contributed by atoms with Crippen molar-refractivity contribution in [2.45, 2.75) is 25.9 Å². The van der Waals surface area contributed by atoms with Crippen molar-refractivity contribution in [3.63, 3.8) is 0 Å². The van der Waals surface area contributed by atoms with E-state index in [4.69, 9.17) is 9.90 Å². The lowest BCUT2D eigenvalue weighted by Crippen LogP contribution is -2.39. The molecule has 0 saturated heterocycles. The first-order valence-electron chi connectivity index (χ1n) is 4.59. The normalized spacial score (nSPS) is 11.7. The third-order valence-electron chi connectivity index (χ3n) is 1.29. The first-order valence-corrected chi connectivity index (χ1v) is 8.03. The van der Waals surface area contributed by atoms with Crippen LogP contribution >= 0.6 is 11.8 Å². The molecule has 5 nitrogen and oxygen atoms in total. The van der Waals surface area contributed by atoms with Crippen LogP contribution in [-0.2, 0) is 9.59 Å². The van der Waals surface area contributed by atoms with Crippen LogP contribution in [0.15, 0.2) is 0 Å². The summed E-state index contributed by atoms with van der Waals surface area (Å²) >= 11 is 1.56. The second-order valence-corrected chi connectivity index (χ2v) is 4.31. The average molecular weight is 253 g/mol. The molecule has 3 N–H and O–H groups in total. The second kappa shape index (κ2) is 11.5. The number of carbonyl (C=O) groups excluding carboxylic acids is 1. The molecule has 0 aliphatic heterocycles. The van der Waals surface area contributed by atoms with Crippen LogP contribution in [0.2, 0.25) is 6.55 Å². The van der Waals surface area contributed by atoms with Gasteiger partial charge in [0, 0.05) is 6.92 Å². The largest absolute Gasteiger partial charge is 0.480 e. The van der Waals surface area contributed by atoms with Crippen LogP contribution in [0.4, 0.5) is 0 Å². The molecule has 0 saturated carbocycles. The van der Waals surface area contributed by atoms with Gasteiger partial charge in [0.25, 0.3) is 0 Å². The Labute approximate surface area is 96.6 Å². The van der Waals surface area contributed by atoms with Gasteiger partial charge >= 0.3 is 5.97 Å². The van der Waals surface area contributed by atoms with Crippen molar-refractivity contribution in [2.24, 2.45) is 0 Å². The lowest BCUT2D eigenvalue weighted by atomic mass is 10.2. The van der Waals surface area contributed by atoms with Crippen LogP contribution < -0.4 is 5.32 Å². The highest BCUT2D eigenvalue weighted by Gasteiger charge is 2.16. The predicted molar refractivity (Wildman–Crippen MR) is 64.9 cm³/mol. The van der Waals surface area contributed by atoms with Gasteiger partial charge in [-0.3, -0.25) is 4.79 Å². The molecule has 1 atom stereocenters. The van der Waals surface area contributed by atoms with E-state index in [2.05, 4.69) is 5.32 Å². The number of amides is 1. The SMILES string of the molecule is CSCCC(NC(C)=O)C(=O)O.C[SiH2]O. The zero-order chi connectivity index (χ0) is 12.3. The van der Waals surface area contributed by atoms with E-state index in [-0.39, 0.29) is 5.91 Å². The van der Waals surface area contributed by atoms with Gasteiger partial charge < -0.3 is 15.2 Å². The van der Waals surface area contributed by atoms with Crippen molar-refractivity contribution in [1.29, 1.82) is 0 Å². The average Bonchev–Trinajstić information content (AvgIpc) is 2.12. The molecule has 0 spiro atoms. The van der Waals surface area contributed by atoms with Gasteiger partial charge in [-0.25, -0.2) is 4.79 Å². The van der Waals surface area contributed by atoms with Crippen LogP contribution in [0.25, 0.3) is 0 Å². The number of thioether (sulfide) groups is 1. The lowest BCUT2D eigenvalue weighted by molar-refractivity contribution is -0.141. The Morgan fingerprint density at radius 1 is 1.53 bits per heavy atom.